The fourth-order valence-corrected chi connectivity index (χ4v) is 2.60. The van der Waals surface area contributed by atoms with E-state index in [2.05, 4.69) is 16.8 Å². The molecule has 1 heterocycles. The van der Waals surface area contributed by atoms with Gasteiger partial charge < -0.3 is 15.7 Å². The van der Waals surface area contributed by atoms with Crippen molar-refractivity contribution in [2.75, 3.05) is 39.8 Å². The first kappa shape index (κ1) is 12.8. The van der Waals surface area contributed by atoms with Crippen LogP contribution in [0.25, 0.3) is 0 Å². The highest BCUT2D eigenvalue weighted by atomic mass is 16.4. The third kappa shape index (κ3) is 2.97. The second-order valence-corrected chi connectivity index (χ2v) is 5.55. The van der Waals surface area contributed by atoms with Crippen LogP contribution < -0.4 is 5.73 Å². The third-order valence-electron chi connectivity index (χ3n) is 4.00. The average Bonchev–Trinajstić information content (AvgIpc) is 3.07. The number of rotatable bonds is 4. The van der Waals surface area contributed by atoms with Gasteiger partial charge >= 0.3 is 5.97 Å². The molecule has 0 aromatic rings. The van der Waals surface area contributed by atoms with Crippen molar-refractivity contribution in [3.05, 3.63) is 0 Å². The molecule has 1 unspecified atom stereocenters. The monoisotopic (exact) mass is 241 g/mol. The van der Waals surface area contributed by atoms with Gasteiger partial charge in [-0.2, -0.15) is 0 Å². The van der Waals surface area contributed by atoms with E-state index in [1.807, 2.05) is 0 Å². The molecule has 1 saturated carbocycles. The van der Waals surface area contributed by atoms with Crippen LogP contribution in [0.3, 0.4) is 0 Å². The Balaban J connectivity index is 1.95. The normalized spacial score (nSPS) is 27.4. The summed E-state index contributed by atoms with van der Waals surface area (Å²) in [6, 6.07) is 0. The van der Waals surface area contributed by atoms with E-state index in [0.29, 0.717) is 6.54 Å². The summed E-state index contributed by atoms with van der Waals surface area (Å²) in [5.74, 6) is -0.654. The summed E-state index contributed by atoms with van der Waals surface area (Å²) in [5.41, 5.74) is 5.08. The Morgan fingerprint density at radius 1 is 1.35 bits per heavy atom. The number of nitrogens with zero attached hydrogens (tertiary/aromatic N) is 2. The molecule has 3 N–H and O–H groups in total. The van der Waals surface area contributed by atoms with E-state index in [1.54, 1.807) is 0 Å². The number of likely N-dealkylation sites (N-methyl/N-ethyl adjacent to an activating group) is 1. The molecular formula is C12H23N3O2. The van der Waals surface area contributed by atoms with Crippen LogP contribution in [0.15, 0.2) is 0 Å². The first-order chi connectivity index (χ1) is 8.02. The van der Waals surface area contributed by atoms with Crippen molar-refractivity contribution in [1.29, 1.82) is 0 Å². The van der Waals surface area contributed by atoms with Gasteiger partial charge in [-0.3, -0.25) is 9.69 Å². The van der Waals surface area contributed by atoms with Crippen LogP contribution >= 0.6 is 0 Å². The van der Waals surface area contributed by atoms with Crippen LogP contribution in [0.1, 0.15) is 19.3 Å². The molecule has 1 aliphatic heterocycles. The van der Waals surface area contributed by atoms with Crippen molar-refractivity contribution >= 4 is 5.97 Å². The minimum Gasteiger partial charge on any atom is -0.480 e. The van der Waals surface area contributed by atoms with Crippen LogP contribution in [-0.4, -0.2) is 66.2 Å². The van der Waals surface area contributed by atoms with E-state index in [9.17, 15) is 9.90 Å². The molecule has 0 amide bonds. The summed E-state index contributed by atoms with van der Waals surface area (Å²) >= 11 is 0. The van der Waals surface area contributed by atoms with Crippen LogP contribution in [0.4, 0.5) is 0 Å². The van der Waals surface area contributed by atoms with Crippen molar-refractivity contribution in [1.82, 2.24) is 9.80 Å². The van der Waals surface area contributed by atoms with Crippen LogP contribution in [-0.2, 0) is 4.79 Å². The van der Waals surface area contributed by atoms with E-state index in [-0.39, 0.29) is 5.92 Å². The predicted molar refractivity (Wildman–Crippen MR) is 65.8 cm³/mol. The summed E-state index contributed by atoms with van der Waals surface area (Å²) in [7, 11) is 2.11. The molecule has 0 radical (unpaired) electrons. The molecule has 1 saturated heterocycles. The SMILES string of the molecule is CN1CCCN(CC(N)(C(=O)O)C2CC2)CC1. The van der Waals surface area contributed by atoms with Gasteiger partial charge in [0.2, 0.25) is 0 Å². The van der Waals surface area contributed by atoms with Crippen molar-refractivity contribution in [3.63, 3.8) is 0 Å². The summed E-state index contributed by atoms with van der Waals surface area (Å²) in [5, 5.41) is 9.33. The zero-order valence-corrected chi connectivity index (χ0v) is 10.6. The van der Waals surface area contributed by atoms with Gasteiger partial charge in [-0.15, -0.1) is 0 Å². The van der Waals surface area contributed by atoms with Crippen LogP contribution in [0.2, 0.25) is 0 Å². The average molecular weight is 241 g/mol. The number of carbonyl (C=O) groups is 1. The minimum atomic E-state index is -1.02. The molecule has 5 nitrogen and oxygen atoms in total. The fraction of sp³-hybridized carbons (Fsp3) is 0.917. The Morgan fingerprint density at radius 2 is 2.06 bits per heavy atom. The van der Waals surface area contributed by atoms with Crippen molar-refractivity contribution in [2.45, 2.75) is 24.8 Å². The van der Waals surface area contributed by atoms with E-state index >= 15 is 0 Å². The maximum absolute atomic E-state index is 11.4. The highest BCUT2D eigenvalue weighted by molar-refractivity contribution is 5.79. The molecule has 2 rings (SSSR count). The van der Waals surface area contributed by atoms with Gasteiger partial charge in [-0.25, -0.2) is 0 Å². The lowest BCUT2D eigenvalue weighted by molar-refractivity contribution is -0.145. The number of nitrogens with two attached hydrogens (primary N) is 1. The molecule has 5 heteroatoms. The summed E-state index contributed by atoms with van der Waals surface area (Å²) < 4.78 is 0. The Morgan fingerprint density at radius 3 is 2.65 bits per heavy atom. The fourth-order valence-electron chi connectivity index (χ4n) is 2.60. The molecule has 2 aliphatic rings. The van der Waals surface area contributed by atoms with E-state index < -0.39 is 11.5 Å². The van der Waals surface area contributed by atoms with Crippen LogP contribution in [0, 0.1) is 5.92 Å². The van der Waals surface area contributed by atoms with Crippen molar-refractivity contribution < 1.29 is 9.90 Å². The molecule has 17 heavy (non-hydrogen) atoms. The van der Waals surface area contributed by atoms with Crippen molar-refractivity contribution in [3.8, 4) is 0 Å². The Kier molecular flexibility index (Phi) is 3.70. The quantitative estimate of drug-likeness (QED) is 0.714. The van der Waals surface area contributed by atoms with Gasteiger partial charge in [0.25, 0.3) is 0 Å². The van der Waals surface area contributed by atoms with Crippen LogP contribution in [0.5, 0.6) is 0 Å². The molecule has 98 valence electrons. The maximum atomic E-state index is 11.4. The molecular weight excluding hydrogens is 218 g/mol. The van der Waals surface area contributed by atoms with Gasteiger partial charge in [0.05, 0.1) is 0 Å². The summed E-state index contributed by atoms with van der Waals surface area (Å²) in [4.78, 5) is 15.9. The molecule has 2 fully saturated rings. The Labute approximate surface area is 103 Å². The van der Waals surface area contributed by atoms with Gasteiger partial charge in [0.1, 0.15) is 5.54 Å². The second kappa shape index (κ2) is 4.92. The molecule has 0 spiro atoms. The largest absolute Gasteiger partial charge is 0.480 e. The van der Waals surface area contributed by atoms with Crippen molar-refractivity contribution in [2.24, 2.45) is 11.7 Å². The predicted octanol–water partition coefficient (Wildman–Crippen LogP) is -0.184. The first-order valence-corrected chi connectivity index (χ1v) is 6.45. The van der Waals surface area contributed by atoms with E-state index in [4.69, 9.17) is 5.73 Å². The Bertz CT molecular complexity index is 293. The second-order valence-electron chi connectivity index (χ2n) is 5.55. The van der Waals surface area contributed by atoms with Gasteiger partial charge in [-0.05, 0) is 45.3 Å². The van der Waals surface area contributed by atoms with E-state index in [1.165, 1.54) is 0 Å². The number of carboxylic acids is 1. The number of aliphatic carboxylic acids is 1. The summed E-state index contributed by atoms with van der Waals surface area (Å²) in [6.07, 6.45) is 3.03. The highest BCUT2D eigenvalue weighted by Crippen LogP contribution is 2.39. The topological polar surface area (TPSA) is 69.8 Å². The lowest BCUT2D eigenvalue weighted by atomic mass is 9.94. The number of carboxylic acid groups (broad SMARTS) is 1. The number of hydrogen-bond acceptors (Lipinski definition) is 4. The van der Waals surface area contributed by atoms with Gasteiger partial charge in [-0.1, -0.05) is 0 Å². The molecule has 0 aromatic heterocycles. The number of hydrogen-bond donors (Lipinski definition) is 2. The Hall–Kier alpha value is -0.650. The lowest BCUT2D eigenvalue weighted by Gasteiger charge is -2.31. The summed E-state index contributed by atoms with van der Waals surface area (Å²) in [6.45, 7) is 4.48. The standard InChI is InChI=1S/C12H23N3O2/c1-14-5-2-6-15(8-7-14)9-12(13,11(16)17)10-3-4-10/h10H,2-9,13H2,1H3,(H,16,17). The van der Waals surface area contributed by atoms with Gasteiger partial charge in [0.15, 0.2) is 0 Å². The first-order valence-electron chi connectivity index (χ1n) is 6.45. The lowest BCUT2D eigenvalue weighted by Crippen LogP contribution is -2.58. The van der Waals surface area contributed by atoms with E-state index in [0.717, 1.165) is 45.4 Å². The molecule has 1 atom stereocenters. The minimum absolute atomic E-state index is 0.181. The molecule has 1 aliphatic carbocycles. The third-order valence-corrected chi connectivity index (χ3v) is 4.00. The maximum Gasteiger partial charge on any atom is 0.325 e. The van der Waals surface area contributed by atoms with Gasteiger partial charge in [0, 0.05) is 19.6 Å². The zero-order chi connectivity index (χ0) is 12.5. The molecule has 0 bridgehead atoms. The highest BCUT2D eigenvalue weighted by Gasteiger charge is 2.49. The zero-order valence-electron chi connectivity index (χ0n) is 10.6. The smallest absolute Gasteiger partial charge is 0.325 e. The molecule has 0 aromatic carbocycles.